The molecule has 0 saturated carbocycles. The molecule has 1 unspecified atom stereocenters. The predicted octanol–water partition coefficient (Wildman–Crippen LogP) is 0.0155. The van der Waals surface area contributed by atoms with Crippen LogP contribution in [0.15, 0.2) is 18.2 Å². The zero-order chi connectivity index (χ0) is 14.0. The van der Waals surface area contributed by atoms with Gasteiger partial charge in [0.25, 0.3) is 5.91 Å². The Kier molecular flexibility index (Phi) is 3.66. The summed E-state index contributed by atoms with van der Waals surface area (Å²) in [6, 6.07) is 4.65. The van der Waals surface area contributed by atoms with E-state index in [1.807, 2.05) is 0 Å². The summed E-state index contributed by atoms with van der Waals surface area (Å²) in [6.07, 6.45) is 0.599. The fourth-order valence-corrected chi connectivity index (χ4v) is 4.04. The maximum Gasteiger partial charge on any atom is 0.251 e. The van der Waals surface area contributed by atoms with E-state index < -0.39 is 9.84 Å². The summed E-state index contributed by atoms with van der Waals surface area (Å²) in [4.78, 5) is 11.9. The van der Waals surface area contributed by atoms with Gasteiger partial charge in [-0.3, -0.25) is 4.79 Å². The molecule has 0 radical (unpaired) electrons. The van der Waals surface area contributed by atoms with E-state index in [2.05, 4.69) is 5.32 Å². The van der Waals surface area contributed by atoms with Gasteiger partial charge in [-0.15, -0.1) is 0 Å². The average molecular weight is 283 g/mol. The van der Waals surface area contributed by atoms with Gasteiger partial charge < -0.3 is 16.8 Å². The maximum atomic E-state index is 11.9. The van der Waals surface area contributed by atoms with Gasteiger partial charge in [0.15, 0.2) is 9.84 Å². The Hall–Kier alpha value is -1.76. The summed E-state index contributed by atoms with van der Waals surface area (Å²) in [5.74, 6) is 0.0566. The molecular weight excluding hydrogens is 266 g/mol. The van der Waals surface area contributed by atoms with Crippen LogP contribution < -0.4 is 16.8 Å². The normalized spacial score (nSPS) is 21.2. The van der Waals surface area contributed by atoms with Crippen molar-refractivity contribution in [1.82, 2.24) is 5.32 Å². The fraction of sp³-hybridized carbons (Fsp3) is 0.417. The molecule has 1 aromatic carbocycles. The number of rotatable bonds is 3. The molecule has 1 saturated heterocycles. The third-order valence-corrected chi connectivity index (χ3v) is 4.95. The predicted molar refractivity (Wildman–Crippen MR) is 74.4 cm³/mol. The number of anilines is 2. The van der Waals surface area contributed by atoms with Gasteiger partial charge in [0.05, 0.1) is 11.5 Å². The summed E-state index contributed by atoms with van der Waals surface area (Å²) >= 11 is 0. The second-order valence-electron chi connectivity index (χ2n) is 4.87. The minimum absolute atomic E-state index is 0.00708. The van der Waals surface area contributed by atoms with Gasteiger partial charge in [0.2, 0.25) is 0 Å². The molecule has 1 heterocycles. The van der Waals surface area contributed by atoms with Crippen molar-refractivity contribution in [3.8, 4) is 0 Å². The van der Waals surface area contributed by atoms with E-state index in [1.54, 1.807) is 6.07 Å². The van der Waals surface area contributed by atoms with Crippen LogP contribution in [0.3, 0.4) is 0 Å². The van der Waals surface area contributed by atoms with Gasteiger partial charge in [-0.05, 0) is 30.5 Å². The highest BCUT2D eigenvalue weighted by Crippen LogP contribution is 2.18. The summed E-state index contributed by atoms with van der Waals surface area (Å²) in [7, 11) is -2.91. The number of amides is 1. The molecule has 0 aliphatic carbocycles. The van der Waals surface area contributed by atoms with Crippen LogP contribution in [-0.2, 0) is 9.84 Å². The molecule has 1 aliphatic heterocycles. The molecule has 1 fully saturated rings. The molecule has 1 aromatic rings. The molecule has 104 valence electrons. The quantitative estimate of drug-likeness (QED) is 0.676. The largest absolute Gasteiger partial charge is 0.399 e. The first-order chi connectivity index (χ1) is 8.85. The third-order valence-electron chi connectivity index (χ3n) is 3.12. The third kappa shape index (κ3) is 3.60. The number of nitrogens with one attached hydrogen (secondary N) is 1. The lowest BCUT2D eigenvalue weighted by molar-refractivity contribution is 0.0948. The Morgan fingerprint density at radius 2 is 1.89 bits per heavy atom. The minimum Gasteiger partial charge on any atom is -0.399 e. The lowest BCUT2D eigenvalue weighted by Crippen LogP contribution is -2.29. The molecule has 6 nitrogen and oxygen atoms in total. The second kappa shape index (κ2) is 5.08. The number of benzene rings is 1. The van der Waals surface area contributed by atoms with Gasteiger partial charge in [-0.2, -0.15) is 0 Å². The van der Waals surface area contributed by atoms with Crippen LogP contribution in [0.5, 0.6) is 0 Å². The molecule has 1 amide bonds. The zero-order valence-corrected chi connectivity index (χ0v) is 11.2. The van der Waals surface area contributed by atoms with Crippen LogP contribution in [0.25, 0.3) is 0 Å². The first-order valence-corrected chi connectivity index (χ1v) is 7.82. The average Bonchev–Trinajstić information content (AvgIpc) is 2.64. The first-order valence-electron chi connectivity index (χ1n) is 6.00. The van der Waals surface area contributed by atoms with Crippen LogP contribution in [0, 0.1) is 5.92 Å². The Morgan fingerprint density at radius 3 is 2.42 bits per heavy atom. The molecular formula is C12H17N3O3S. The Morgan fingerprint density at radius 1 is 1.26 bits per heavy atom. The number of carbonyl (C=O) groups is 1. The summed E-state index contributed by atoms with van der Waals surface area (Å²) in [5, 5.41) is 2.72. The van der Waals surface area contributed by atoms with Crippen LogP contribution in [0.2, 0.25) is 0 Å². The van der Waals surface area contributed by atoms with Crippen LogP contribution >= 0.6 is 0 Å². The number of carbonyl (C=O) groups excluding carboxylic acids is 1. The molecule has 2 rings (SSSR count). The highest BCUT2D eigenvalue weighted by Gasteiger charge is 2.27. The second-order valence-corrected chi connectivity index (χ2v) is 7.10. The van der Waals surface area contributed by atoms with Crippen molar-refractivity contribution >= 4 is 27.1 Å². The maximum absolute atomic E-state index is 11.9. The Balaban J connectivity index is 1.95. The van der Waals surface area contributed by atoms with E-state index in [1.165, 1.54) is 12.1 Å². The molecule has 0 spiro atoms. The molecule has 7 heteroatoms. The number of nitrogens with two attached hydrogens (primary N) is 2. The van der Waals surface area contributed by atoms with E-state index in [-0.39, 0.29) is 23.3 Å². The highest BCUT2D eigenvalue weighted by atomic mass is 32.2. The van der Waals surface area contributed by atoms with Crippen molar-refractivity contribution in [3.05, 3.63) is 23.8 Å². The summed E-state index contributed by atoms with van der Waals surface area (Å²) < 4.78 is 22.6. The molecule has 19 heavy (non-hydrogen) atoms. The first kappa shape index (κ1) is 13.7. The van der Waals surface area contributed by atoms with Crippen molar-refractivity contribution in [3.63, 3.8) is 0 Å². The van der Waals surface area contributed by atoms with Gasteiger partial charge >= 0.3 is 0 Å². The Labute approximate surface area is 112 Å². The summed E-state index contributed by atoms with van der Waals surface area (Å²) in [5.41, 5.74) is 12.5. The summed E-state index contributed by atoms with van der Waals surface area (Å²) in [6.45, 7) is 0.354. The van der Waals surface area contributed by atoms with Crippen LogP contribution in [-0.4, -0.2) is 32.4 Å². The fourth-order valence-electron chi connectivity index (χ4n) is 2.18. The lowest BCUT2D eigenvalue weighted by atomic mass is 10.1. The standard InChI is InChI=1S/C12H17N3O3S/c13-10-3-9(4-11(14)5-10)12(16)15-6-8-1-2-19(17,18)7-8/h3-5,8H,1-2,6-7,13-14H2,(H,15,16). The van der Waals surface area contributed by atoms with Crippen molar-refractivity contribution in [2.45, 2.75) is 6.42 Å². The number of hydrogen-bond donors (Lipinski definition) is 3. The number of nitrogen functional groups attached to an aromatic ring is 2. The molecule has 1 aliphatic rings. The van der Waals surface area contributed by atoms with E-state index in [4.69, 9.17) is 11.5 Å². The van der Waals surface area contributed by atoms with Crippen molar-refractivity contribution in [2.24, 2.45) is 5.92 Å². The minimum atomic E-state index is -2.91. The molecule has 0 bridgehead atoms. The van der Waals surface area contributed by atoms with Crippen molar-refractivity contribution < 1.29 is 13.2 Å². The number of hydrogen-bond acceptors (Lipinski definition) is 5. The van der Waals surface area contributed by atoms with Crippen LogP contribution in [0.4, 0.5) is 11.4 Å². The monoisotopic (exact) mass is 283 g/mol. The van der Waals surface area contributed by atoms with Crippen LogP contribution in [0.1, 0.15) is 16.8 Å². The van der Waals surface area contributed by atoms with E-state index in [9.17, 15) is 13.2 Å². The Bertz CT molecular complexity index is 578. The van der Waals surface area contributed by atoms with E-state index in [0.717, 1.165) is 0 Å². The SMILES string of the molecule is Nc1cc(N)cc(C(=O)NCC2CCS(=O)(=O)C2)c1. The van der Waals surface area contributed by atoms with Gasteiger partial charge in [0.1, 0.15) is 0 Å². The zero-order valence-electron chi connectivity index (χ0n) is 10.4. The van der Waals surface area contributed by atoms with E-state index >= 15 is 0 Å². The molecule has 0 aromatic heterocycles. The molecule has 1 atom stereocenters. The van der Waals surface area contributed by atoms with Crippen molar-refractivity contribution in [1.29, 1.82) is 0 Å². The lowest BCUT2D eigenvalue weighted by Gasteiger charge is -2.10. The van der Waals surface area contributed by atoms with Gasteiger partial charge in [0, 0.05) is 23.5 Å². The number of sulfone groups is 1. The van der Waals surface area contributed by atoms with E-state index in [0.29, 0.717) is 29.9 Å². The highest BCUT2D eigenvalue weighted by molar-refractivity contribution is 7.91. The van der Waals surface area contributed by atoms with Crippen molar-refractivity contribution in [2.75, 3.05) is 29.5 Å². The van der Waals surface area contributed by atoms with Gasteiger partial charge in [-0.25, -0.2) is 8.42 Å². The van der Waals surface area contributed by atoms with Gasteiger partial charge in [-0.1, -0.05) is 0 Å². The smallest absolute Gasteiger partial charge is 0.251 e. The topological polar surface area (TPSA) is 115 Å². The molecule has 5 N–H and O–H groups in total.